The van der Waals surface area contributed by atoms with E-state index in [0.29, 0.717) is 18.4 Å². The first-order chi connectivity index (χ1) is 21.0. The number of anilines is 1. The van der Waals surface area contributed by atoms with Crippen molar-refractivity contribution in [1.82, 2.24) is 19.9 Å². The number of hydrogen-bond donors (Lipinski definition) is 2. The third-order valence-corrected chi connectivity index (χ3v) is 8.95. The number of rotatable bonds is 6. The quantitative estimate of drug-likeness (QED) is 0.311. The molecule has 2 aromatic carbocycles. The molecular weight excluding hydrogens is 575 g/mol. The maximum absolute atomic E-state index is 16.8. The summed E-state index contributed by atoms with van der Waals surface area (Å²) < 4.78 is 57.7. The van der Waals surface area contributed by atoms with Gasteiger partial charge in [-0.1, -0.05) is 12.0 Å². The zero-order valence-electron chi connectivity index (χ0n) is 24.2. The summed E-state index contributed by atoms with van der Waals surface area (Å²) in [6, 6.07) is 5.14. The lowest BCUT2D eigenvalue weighted by Gasteiger charge is -2.45. The van der Waals surface area contributed by atoms with Crippen LogP contribution in [0, 0.1) is 24.0 Å². The maximum atomic E-state index is 16.8. The Morgan fingerprint density at radius 1 is 1.16 bits per heavy atom. The lowest BCUT2D eigenvalue weighted by molar-refractivity contribution is 0.0305. The molecule has 0 aliphatic carbocycles. The van der Waals surface area contributed by atoms with Crippen molar-refractivity contribution in [3.63, 3.8) is 0 Å². The Kier molecular flexibility index (Phi) is 6.53. The second-order valence-corrected chi connectivity index (χ2v) is 12.2. The number of terminal acetylenes is 1. The van der Waals surface area contributed by atoms with Crippen LogP contribution in [0.25, 0.3) is 32.9 Å². The van der Waals surface area contributed by atoms with Crippen LogP contribution in [0.2, 0.25) is 0 Å². The van der Waals surface area contributed by atoms with Crippen molar-refractivity contribution in [2.75, 3.05) is 44.8 Å². The molecular formula is C32H30F3N5O4. The Morgan fingerprint density at radius 3 is 2.68 bits per heavy atom. The standard InChI is InChI=1S/C32H30F3N5O4/c1-4-20-22(34)7-6-17-10-19(41)11-21(23(17)20)26-25(35)27-24(29(36-26)43-3)28(39-14-31(2,42)15-39)38-30(37-27)44-16-32-8-5-9-40(32)13-18(33)12-32/h1,6-7,10-11,18,41-42H,5,8-9,12-16H2,2-3H3/t18-,32+/m1/s1. The molecule has 2 aromatic heterocycles. The number of aliphatic hydroxyl groups is 1. The number of aromatic nitrogens is 3. The second-order valence-electron chi connectivity index (χ2n) is 12.2. The van der Waals surface area contributed by atoms with E-state index in [0.717, 1.165) is 19.4 Å². The minimum atomic E-state index is -0.989. The molecule has 0 amide bonds. The lowest BCUT2D eigenvalue weighted by Crippen LogP contribution is -2.60. The van der Waals surface area contributed by atoms with Gasteiger partial charge in [-0.3, -0.25) is 4.90 Å². The molecule has 5 heterocycles. The number of fused-ring (bicyclic) bond motifs is 3. The third kappa shape index (κ3) is 4.45. The molecule has 9 nitrogen and oxygen atoms in total. The molecule has 0 spiro atoms. The van der Waals surface area contributed by atoms with E-state index in [1.54, 1.807) is 11.8 Å². The molecule has 12 heteroatoms. The number of benzene rings is 2. The number of pyridine rings is 1. The fourth-order valence-corrected chi connectivity index (χ4v) is 7.05. The summed E-state index contributed by atoms with van der Waals surface area (Å²) in [6.07, 6.45) is 6.70. The van der Waals surface area contributed by atoms with Crippen LogP contribution in [0.5, 0.6) is 17.6 Å². The number of hydrogen-bond acceptors (Lipinski definition) is 9. The highest BCUT2D eigenvalue weighted by Gasteiger charge is 2.49. The van der Waals surface area contributed by atoms with E-state index < -0.39 is 28.9 Å². The fourth-order valence-electron chi connectivity index (χ4n) is 7.05. The number of ether oxygens (including phenoxy) is 2. The number of phenolic OH excluding ortho intramolecular Hbond substituents is 1. The number of phenols is 1. The Labute approximate surface area is 251 Å². The molecule has 0 bridgehead atoms. The van der Waals surface area contributed by atoms with E-state index in [4.69, 9.17) is 15.9 Å². The minimum Gasteiger partial charge on any atom is -0.508 e. The highest BCUT2D eigenvalue weighted by atomic mass is 19.1. The first kappa shape index (κ1) is 28.4. The van der Waals surface area contributed by atoms with E-state index in [2.05, 4.69) is 25.8 Å². The SMILES string of the molecule is C#Cc1c(F)ccc2cc(O)cc(-c3nc(OC)c4c(N5CC(C)(O)C5)nc(OC[C@@]56CCCN5C[C@H](F)C6)nc4c3F)c12. The molecule has 0 saturated carbocycles. The number of methoxy groups -OCH3 is 1. The van der Waals surface area contributed by atoms with Gasteiger partial charge in [0.1, 0.15) is 46.8 Å². The van der Waals surface area contributed by atoms with Crippen molar-refractivity contribution in [1.29, 1.82) is 0 Å². The van der Waals surface area contributed by atoms with Crippen LogP contribution < -0.4 is 14.4 Å². The van der Waals surface area contributed by atoms with Crippen molar-refractivity contribution in [2.24, 2.45) is 0 Å². The summed E-state index contributed by atoms with van der Waals surface area (Å²) in [5.41, 5.74) is -2.02. The lowest BCUT2D eigenvalue weighted by atomic mass is 9.95. The van der Waals surface area contributed by atoms with E-state index in [1.807, 2.05) is 0 Å². The van der Waals surface area contributed by atoms with Crippen molar-refractivity contribution >= 4 is 27.5 Å². The Bertz CT molecular complexity index is 1870. The number of β-amino-alcohol motifs (C(OH)–C–C–N with tert-alkyl or cyclic N) is 1. The monoisotopic (exact) mass is 605 g/mol. The fraction of sp³-hybridized carbons (Fsp3) is 0.406. The van der Waals surface area contributed by atoms with Gasteiger partial charge < -0.3 is 24.6 Å². The second kappa shape index (κ2) is 10.1. The molecule has 3 aliphatic heterocycles. The minimum absolute atomic E-state index is 0.0312. The summed E-state index contributed by atoms with van der Waals surface area (Å²) in [7, 11) is 1.36. The van der Waals surface area contributed by atoms with Gasteiger partial charge in [-0.2, -0.15) is 9.97 Å². The van der Waals surface area contributed by atoms with Gasteiger partial charge in [0.25, 0.3) is 0 Å². The van der Waals surface area contributed by atoms with Gasteiger partial charge in [0.05, 0.1) is 23.8 Å². The molecule has 7 rings (SSSR count). The van der Waals surface area contributed by atoms with Crippen molar-refractivity contribution in [3.05, 3.63) is 41.5 Å². The van der Waals surface area contributed by atoms with E-state index in [-0.39, 0.29) is 76.3 Å². The highest BCUT2D eigenvalue weighted by molar-refractivity contribution is 6.04. The van der Waals surface area contributed by atoms with E-state index in [9.17, 15) is 19.0 Å². The smallest absolute Gasteiger partial charge is 0.319 e. The molecule has 44 heavy (non-hydrogen) atoms. The normalized spacial score (nSPS) is 22.7. The third-order valence-electron chi connectivity index (χ3n) is 8.95. The van der Waals surface area contributed by atoms with Gasteiger partial charge in [0, 0.05) is 37.0 Å². The topological polar surface area (TPSA) is 104 Å². The van der Waals surface area contributed by atoms with Gasteiger partial charge in [0.15, 0.2) is 5.82 Å². The average Bonchev–Trinajstić information content (AvgIpc) is 3.50. The van der Waals surface area contributed by atoms with E-state index in [1.165, 1.54) is 31.4 Å². The van der Waals surface area contributed by atoms with Crippen LogP contribution >= 0.6 is 0 Å². The van der Waals surface area contributed by atoms with Crippen LogP contribution in [0.1, 0.15) is 31.7 Å². The Morgan fingerprint density at radius 2 is 1.95 bits per heavy atom. The molecule has 3 aliphatic rings. The highest BCUT2D eigenvalue weighted by Crippen LogP contribution is 2.44. The van der Waals surface area contributed by atoms with Crippen LogP contribution in [-0.2, 0) is 0 Å². The molecule has 0 radical (unpaired) electrons. The van der Waals surface area contributed by atoms with Gasteiger partial charge in [0.2, 0.25) is 5.88 Å². The molecule has 2 atom stereocenters. The van der Waals surface area contributed by atoms with E-state index >= 15 is 4.39 Å². The zero-order chi connectivity index (χ0) is 31.0. The van der Waals surface area contributed by atoms with Crippen LogP contribution in [0.4, 0.5) is 19.0 Å². The van der Waals surface area contributed by atoms with Crippen LogP contribution in [-0.4, -0.2) is 87.3 Å². The summed E-state index contributed by atoms with van der Waals surface area (Å²) in [6.45, 7) is 3.32. The van der Waals surface area contributed by atoms with Crippen LogP contribution in [0.15, 0.2) is 24.3 Å². The predicted octanol–water partition coefficient (Wildman–Crippen LogP) is 4.34. The van der Waals surface area contributed by atoms with Crippen molar-refractivity contribution in [2.45, 2.75) is 43.5 Å². The molecule has 3 fully saturated rings. The van der Waals surface area contributed by atoms with Gasteiger partial charge in [-0.05, 0) is 49.9 Å². The molecule has 0 unspecified atom stereocenters. The number of aromatic hydroxyl groups is 1. The Hall–Kier alpha value is -4.34. The number of nitrogens with zero attached hydrogens (tertiary/aromatic N) is 5. The molecule has 3 saturated heterocycles. The first-order valence-corrected chi connectivity index (χ1v) is 14.4. The largest absolute Gasteiger partial charge is 0.508 e. The average molecular weight is 606 g/mol. The molecule has 2 N–H and O–H groups in total. The van der Waals surface area contributed by atoms with Gasteiger partial charge in [-0.25, -0.2) is 18.2 Å². The maximum Gasteiger partial charge on any atom is 0.319 e. The summed E-state index contributed by atoms with van der Waals surface area (Å²) in [5, 5.41) is 21.7. The van der Waals surface area contributed by atoms with Crippen LogP contribution in [0.3, 0.4) is 0 Å². The zero-order valence-corrected chi connectivity index (χ0v) is 24.2. The van der Waals surface area contributed by atoms with Gasteiger partial charge >= 0.3 is 6.01 Å². The van der Waals surface area contributed by atoms with Crippen molar-refractivity contribution < 1.29 is 32.9 Å². The predicted molar refractivity (Wildman–Crippen MR) is 158 cm³/mol. The molecule has 4 aromatic rings. The summed E-state index contributed by atoms with van der Waals surface area (Å²) >= 11 is 0. The number of halogens is 3. The summed E-state index contributed by atoms with van der Waals surface area (Å²) in [4.78, 5) is 17.3. The van der Waals surface area contributed by atoms with Crippen molar-refractivity contribution in [3.8, 4) is 41.2 Å². The summed E-state index contributed by atoms with van der Waals surface area (Å²) in [5.74, 6) is 0.754. The first-order valence-electron chi connectivity index (χ1n) is 14.4. The Balaban J connectivity index is 1.42. The van der Waals surface area contributed by atoms with Gasteiger partial charge in [-0.15, -0.1) is 6.42 Å². The molecule has 228 valence electrons. The number of alkyl halides is 1.